The van der Waals surface area contributed by atoms with E-state index in [1.54, 1.807) is 20.9 Å². The van der Waals surface area contributed by atoms with E-state index in [0.717, 1.165) is 29.3 Å². The topological polar surface area (TPSA) is 79.1 Å². The molecule has 1 N–H and O–H groups in total. The third kappa shape index (κ3) is 3.56. The minimum Gasteiger partial charge on any atom is -0.356 e. The number of nitrogens with zero attached hydrogens (tertiary/aromatic N) is 4. The number of hydrogen-bond acceptors (Lipinski definition) is 4. The lowest BCUT2D eigenvalue weighted by Gasteiger charge is -2.39. The van der Waals surface area contributed by atoms with Gasteiger partial charge >= 0.3 is 0 Å². The normalized spacial score (nSPS) is 19.7. The van der Waals surface area contributed by atoms with Gasteiger partial charge in [0.25, 0.3) is 0 Å². The van der Waals surface area contributed by atoms with Gasteiger partial charge in [0.05, 0.1) is 16.2 Å². The zero-order valence-electron chi connectivity index (χ0n) is 15.9. The standard InChI is InChI=1S/C18H27N5O2S/c1-14-6-5-9-22-12-15(21-16(14)22)7-8-20-17(19-4)23-10-11-26(24,25)18(2,3)13-23/h5-6,9,12H,7-8,10-11,13H2,1-4H3,(H,19,20). The summed E-state index contributed by atoms with van der Waals surface area (Å²) in [6, 6.07) is 4.07. The molecule has 142 valence electrons. The van der Waals surface area contributed by atoms with Gasteiger partial charge in [-0.05, 0) is 32.4 Å². The summed E-state index contributed by atoms with van der Waals surface area (Å²) in [5.74, 6) is 0.903. The average molecular weight is 378 g/mol. The first kappa shape index (κ1) is 18.7. The highest BCUT2D eigenvalue weighted by Crippen LogP contribution is 2.23. The van der Waals surface area contributed by atoms with Crippen LogP contribution < -0.4 is 5.32 Å². The predicted octanol–water partition coefficient (Wildman–Crippen LogP) is 1.27. The van der Waals surface area contributed by atoms with Gasteiger partial charge in [-0.15, -0.1) is 0 Å². The van der Waals surface area contributed by atoms with Crippen LogP contribution in [0.5, 0.6) is 0 Å². The molecular formula is C18H27N5O2S. The minimum atomic E-state index is -3.06. The molecule has 0 radical (unpaired) electrons. The summed E-state index contributed by atoms with van der Waals surface area (Å²) >= 11 is 0. The van der Waals surface area contributed by atoms with Crippen LogP contribution in [0.3, 0.4) is 0 Å². The lowest BCUT2D eigenvalue weighted by atomic mass is 10.2. The van der Waals surface area contributed by atoms with Crippen LogP contribution in [0.1, 0.15) is 25.1 Å². The van der Waals surface area contributed by atoms with E-state index in [2.05, 4.69) is 28.3 Å². The molecule has 0 spiro atoms. The van der Waals surface area contributed by atoms with E-state index in [0.29, 0.717) is 19.6 Å². The molecule has 0 amide bonds. The second kappa shape index (κ2) is 6.90. The number of hydrogen-bond donors (Lipinski definition) is 1. The Balaban J connectivity index is 1.62. The number of rotatable bonds is 3. The first-order valence-electron chi connectivity index (χ1n) is 8.84. The summed E-state index contributed by atoms with van der Waals surface area (Å²) < 4.78 is 25.6. The first-order chi connectivity index (χ1) is 12.2. The van der Waals surface area contributed by atoms with Crippen molar-refractivity contribution in [3.8, 4) is 0 Å². The van der Waals surface area contributed by atoms with E-state index >= 15 is 0 Å². The molecule has 0 saturated carbocycles. The number of imidazole rings is 1. The van der Waals surface area contributed by atoms with E-state index in [-0.39, 0.29) is 5.75 Å². The molecule has 1 saturated heterocycles. The molecule has 2 aromatic heterocycles. The van der Waals surface area contributed by atoms with Crippen LogP contribution in [0.15, 0.2) is 29.5 Å². The predicted molar refractivity (Wildman–Crippen MR) is 104 cm³/mol. The number of nitrogens with one attached hydrogen (secondary N) is 1. The lowest BCUT2D eigenvalue weighted by molar-refractivity contribution is 0.353. The van der Waals surface area contributed by atoms with Crippen LogP contribution in [0, 0.1) is 6.92 Å². The van der Waals surface area contributed by atoms with Crippen molar-refractivity contribution in [1.82, 2.24) is 19.6 Å². The average Bonchev–Trinajstić information content (AvgIpc) is 2.99. The number of sulfone groups is 1. The van der Waals surface area contributed by atoms with Crippen molar-refractivity contribution in [3.05, 3.63) is 35.8 Å². The number of aryl methyl sites for hydroxylation is 1. The molecule has 2 aromatic rings. The number of guanidine groups is 1. The Hall–Kier alpha value is -2.09. The van der Waals surface area contributed by atoms with Crippen molar-refractivity contribution in [1.29, 1.82) is 0 Å². The number of fused-ring (bicyclic) bond motifs is 1. The summed E-state index contributed by atoms with van der Waals surface area (Å²) in [6.45, 7) is 7.22. The van der Waals surface area contributed by atoms with Crippen molar-refractivity contribution in [2.75, 3.05) is 32.4 Å². The van der Waals surface area contributed by atoms with Gasteiger partial charge in [0.2, 0.25) is 0 Å². The third-order valence-electron chi connectivity index (χ3n) is 4.95. The number of aliphatic imine (C=N–C) groups is 1. The zero-order valence-corrected chi connectivity index (χ0v) is 16.7. The van der Waals surface area contributed by atoms with Crippen molar-refractivity contribution >= 4 is 21.4 Å². The number of pyridine rings is 1. The fourth-order valence-electron chi connectivity index (χ4n) is 3.28. The Labute approximate surface area is 155 Å². The molecule has 1 aliphatic heterocycles. The fourth-order valence-corrected chi connectivity index (χ4v) is 4.65. The maximum atomic E-state index is 12.2. The maximum absolute atomic E-state index is 12.2. The van der Waals surface area contributed by atoms with E-state index < -0.39 is 14.6 Å². The van der Waals surface area contributed by atoms with Gasteiger partial charge in [0, 0.05) is 45.5 Å². The fraction of sp³-hybridized carbons (Fsp3) is 0.556. The van der Waals surface area contributed by atoms with E-state index in [1.165, 1.54) is 0 Å². The van der Waals surface area contributed by atoms with Crippen LogP contribution >= 0.6 is 0 Å². The summed E-state index contributed by atoms with van der Waals surface area (Å²) in [5, 5.41) is 3.34. The molecule has 0 bridgehead atoms. The third-order valence-corrected chi connectivity index (χ3v) is 7.48. The molecule has 0 aromatic carbocycles. The van der Waals surface area contributed by atoms with Gasteiger partial charge in [-0.1, -0.05) is 6.07 Å². The zero-order chi connectivity index (χ0) is 18.9. The Morgan fingerprint density at radius 1 is 1.42 bits per heavy atom. The Morgan fingerprint density at radius 2 is 2.19 bits per heavy atom. The van der Waals surface area contributed by atoms with Crippen molar-refractivity contribution in [2.45, 2.75) is 31.9 Å². The van der Waals surface area contributed by atoms with E-state index in [1.807, 2.05) is 27.8 Å². The molecular weight excluding hydrogens is 350 g/mol. The molecule has 26 heavy (non-hydrogen) atoms. The molecule has 7 nitrogen and oxygen atoms in total. The Morgan fingerprint density at radius 3 is 2.85 bits per heavy atom. The van der Waals surface area contributed by atoms with Crippen LogP contribution in [-0.2, 0) is 16.3 Å². The van der Waals surface area contributed by atoms with E-state index in [9.17, 15) is 8.42 Å². The van der Waals surface area contributed by atoms with E-state index in [4.69, 9.17) is 0 Å². The van der Waals surface area contributed by atoms with Gasteiger partial charge in [-0.2, -0.15) is 0 Å². The van der Waals surface area contributed by atoms with Gasteiger partial charge in [0.15, 0.2) is 15.8 Å². The van der Waals surface area contributed by atoms with Crippen LogP contribution in [0.2, 0.25) is 0 Å². The molecule has 1 fully saturated rings. The smallest absolute Gasteiger partial charge is 0.193 e. The van der Waals surface area contributed by atoms with Crippen LogP contribution in [0.25, 0.3) is 5.65 Å². The first-order valence-corrected chi connectivity index (χ1v) is 10.5. The van der Waals surface area contributed by atoms with Crippen LogP contribution in [0.4, 0.5) is 0 Å². The molecule has 3 heterocycles. The van der Waals surface area contributed by atoms with Crippen molar-refractivity contribution < 1.29 is 8.42 Å². The molecule has 1 aliphatic rings. The summed E-state index contributed by atoms with van der Waals surface area (Å²) in [6.07, 6.45) is 4.82. The summed E-state index contributed by atoms with van der Waals surface area (Å²) in [5.41, 5.74) is 3.15. The maximum Gasteiger partial charge on any atom is 0.193 e. The SMILES string of the molecule is CN=C(NCCc1cn2cccc(C)c2n1)N1CCS(=O)(=O)C(C)(C)C1. The second-order valence-electron chi connectivity index (χ2n) is 7.38. The highest BCUT2D eigenvalue weighted by atomic mass is 32.2. The molecule has 0 atom stereocenters. The van der Waals surface area contributed by atoms with Crippen molar-refractivity contribution in [2.24, 2.45) is 4.99 Å². The monoisotopic (exact) mass is 377 g/mol. The van der Waals surface area contributed by atoms with Gasteiger partial charge in [-0.3, -0.25) is 4.99 Å². The van der Waals surface area contributed by atoms with Gasteiger partial charge in [-0.25, -0.2) is 13.4 Å². The largest absolute Gasteiger partial charge is 0.356 e. The highest BCUT2D eigenvalue weighted by molar-refractivity contribution is 7.92. The minimum absolute atomic E-state index is 0.159. The summed E-state index contributed by atoms with van der Waals surface area (Å²) in [4.78, 5) is 11.0. The van der Waals surface area contributed by atoms with Gasteiger partial charge in [0.1, 0.15) is 5.65 Å². The lowest BCUT2D eigenvalue weighted by Crippen LogP contribution is -2.57. The van der Waals surface area contributed by atoms with Crippen molar-refractivity contribution in [3.63, 3.8) is 0 Å². The molecule has 0 unspecified atom stereocenters. The molecule has 8 heteroatoms. The second-order valence-corrected chi connectivity index (χ2v) is 10.1. The molecule has 3 rings (SSSR count). The van der Waals surface area contributed by atoms with Gasteiger partial charge < -0.3 is 14.6 Å². The Bertz CT molecular complexity index is 930. The number of aromatic nitrogens is 2. The highest BCUT2D eigenvalue weighted by Gasteiger charge is 2.40. The summed E-state index contributed by atoms with van der Waals surface area (Å²) in [7, 11) is -1.33. The quantitative estimate of drug-likeness (QED) is 0.644. The van der Waals surface area contributed by atoms with Crippen LogP contribution in [-0.4, -0.2) is 65.8 Å². The Kier molecular flexibility index (Phi) is 4.96. The molecule has 0 aliphatic carbocycles.